The summed E-state index contributed by atoms with van der Waals surface area (Å²) in [5.41, 5.74) is 0. The summed E-state index contributed by atoms with van der Waals surface area (Å²) in [6, 6.07) is 0. The number of hydrogen-bond donors (Lipinski definition) is 0. The standard InChI is InChI=1S/C9H15NO2.ClH/c1-12-9(11)8-4-7-2-3-10(5-7)6-8;/h7-8H,2-6H2,1H3;1H. The quantitative estimate of drug-likeness (QED) is 0.597. The van der Waals surface area contributed by atoms with Crippen LogP contribution in [-0.2, 0) is 9.53 Å². The zero-order valence-corrected chi connectivity index (χ0v) is 8.68. The van der Waals surface area contributed by atoms with Crippen LogP contribution in [0.25, 0.3) is 0 Å². The molecular formula is C9H16ClNO2. The molecule has 2 rings (SSSR count). The average molecular weight is 206 g/mol. The minimum absolute atomic E-state index is 0. The highest BCUT2D eigenvalue weighted by atomic mass is 35.5. The Balaban J connectivity index is 0.000000845. The predicted molar refractivity (Wildman–Crippen MR) is 51.9 cm³/mol. The number of piperidine rings is 1. The smallest absolute Gasteiger partial charge is 0.309 e. The molecule has 0 spiro atoms. The number of halogens is 1. The Morgan fingerprint density at radius 3 is 2.85 bits per heavy atom. The number of ether oxygens (including phenoxy) is 1. The fourth-order valence-corrected chi connectivity index (χ4v) is 2.40. The van der Waals surface area contributed by atoms with Crippen LogP contribution in [-0.4, -0.2) is 37.6 Å². The van der Waals surface area contributed by atoms with Gasteiger partial charge in [0, 0.05) is 13.1 Å². The molecule has 2 saturated heterocycles. The molecule has 3 unspecified atom stereocenters. The third-order valence-electron chi connectivity index (χ3n) is 3.00. The summed E-state index contributed by atoms with van der Waals surface area (Å²) in [6.45, 7) is 3.30. The molecule has 2 heterocycles. The number of esters is 1. The summed E-state index contributed by atoms with van der Waals surface area (Å²) in [7, 11) is 1.48. The van der Waals surface area contributed by atoms with Crippen molar-refractivity contribution in [2.75, 3.05) is 26.7 Å². The van der Waals surface area contributed by atoms with Gasteiger partial charge in [0.05, 0.1) is 13.0 Å². The molecule has 0 radical (unpaired) electrons. The highest BCUT2D eigenvalue weighted by molar-refractivity contribution is 5.85. The first-order chi connectivity index (χ1) is 5.79. The highest BCUT2D eigenvalue weighted by Gasteiger charge is 2.35. The molecule has 3 atom stereocenters. The lowest BCUT2D eigenvalue weighted by Gasteiger charge is -2.27. The van der Waals surface area contributed by atoms with Crippen LogP contribution in [0.5, 0.6) is 0 Å². The molecular weight excluding hydrogens is 190 g/mol. The monoisotopic (exact) mass is 205 g/mol. The minimum atomic E-state index is -0.0217. The van der Waals surface area contributed by atoms with Crippen molar-refractivity contribution in [2.24, 2.45) is 11.8 Å². The molecule has 3 nitrogen and oxygen atoms in total. The molecule has 2 fully saturated rings. The van der Waals surface area contributed by atoms with Crippen molar-refractivity contribution in [2.45, 2.75) is 12.8 Å². The van der Waals surface area contributed by atoms with E-state index in [0.717, 1.165) is 18.9 Å². The number of hydrogen-bond acceptors (Lipinski definition) is 3. The first-order valence-electron chi connectivity index (χ1n) is 4.60. The van der Waals surface area contributed by atoms with Gasteiger partial charge in [-0.05, 0) is 25.3 Å². The third kappa shape index (κ3) is 2.15. The summed E-state index contributed by atoms with van der Waals surface area (Å²) in [5.74, 6) is 0.880. The van der Waals surface area contributed by atoms with Gasteiger partial charge in [-0.3, -0.25) is 4.79 Å². The van der Waals surface area contributed by atoms with Crippen LogP contribution in [0.15, 0.2) is 0 Å². The molecule has 0 N–H and O–H groups in total. The molecule has 0 amide bonds. The Bertz CT molecular complexity index is 186. The Hall–Kier alpha value is -0.280. The first-order valence-corrected chi connectivity index (χ1v) is 4.60. The van der Waals surface area contributed by atoms with Gasteiger partial charge in [0.15, 0.2) is 0 Å². The fraction of sp³-hybridized carbons (Fsp3) is 0.889. The number of rotatable bonds is 1. The lowest BCUT2D eigenvalue weighted by molar-refractivity contribution is -0.147. The molecule has 0 aliphatic carbocycles. The van der Waals surface area contributed by atoms with Crippen molar-refractivity contribution in [3.8, 4) is 0 Å². The molecule has 76 valence electrons. The van der Waals surface area contributed by atoms with Gasteiger partial charge in [-0.25, -0.2) is 0 Å². The van der Waals surface area contributed by atoms with Crippen LogP contribution in [0.2, 0.25) is 0 Å². The summed E-state index contributed by atoms with van der Waals surface area (Å²) < 4.78 is 4.75. The van der Waals surface area contributed by atoms with E-state index in [1.165, 1.54) is 26.6 Å². The van der Waals surface area contributed by atoms with Crippen LogP contribution < -0.4 is 0 Å². The Kier molecular flexibility index (Phi) is 3.56. The zero-order valence-electron chi connectivity index (χ0n) is 7.86. The van der Waals surface area contributed by atoms with Gasteiger partial charge < -0.3 is 9.64 Å². The van der Waals surface area contributed by atoms with E-state index < -0.39 is 0 Å². The van der Waals surface area contributed by atoms with E-state index in [1.807, 2.05) is 0 Å². The predicted octanol–water partition coefficient (Wildman–Crippen LogP) is 0.923. The second kappa shape index (κ2) is 4.29. The van der Waals surface area contributed by atoms with Gasteiger partial charge in [0.25, 0.3) is 0 Å². The van der Waals surface area contributed by atoms with Gasteiger partial charge in [-0.1, -0.05) is 0 Å². The number of methoxy groups -OCH3 is 1. The Morgan fingerprint density at radius 1 is 1.46 bits per heavy atom. The van der Waals surface area contributed by atoms with Crippen LogP contribution in [0.3, 0.4) is 0 Å². The minimum Gasteiger partial charge on any atom is -0.469 e. The van der Waals surface area contributed by atoms with Crippen LogP contribution in [0.1, 0.15) is 12.8 Å². The maximum absolute atomic E-state index is 11.2. The molecule has 2 bridgehead atoms. The Labute approximate surface area is 84.8 Å². The highest BCUT2D eigenvalue weighted by Crippen LogP contribution is 2.30. The van der Waals surface area contributed by atoms with Crippen LogP contribution in [0.4, 0.5) is 0 Å². The second-order valence-corrected chi connectivity index (χ2v) is 3.87. The van der Waals surface area contributed by atoms with E-state index in [0.29, 0.717) is 0 Å². The molecule has 0 aromatic carbocycles. The molecule has 0 aromatic rings. The normalized spacial score (nSPS) is 36.5. The third-order valence-corrected chi connectivity index (χ3v) is 3.00. The SMILES string of the molecule is COC(=O)C1CC2CCN(C2)C1.Cl. The van der Waals surface area contributed by atoms with Gasteiger partial charge >= 0.3 is 5.97 Å². The zero-order chi connectivity index (χ0) is 8.55. The van der Waals surface area contributed by atoms with Gasteiger partial charge in [0.2, 0.25) is 0 Å². The summed E-state index contributed by atoms with van der Waals surface area (Å²) in [4.78, 5) is 13.6. The van der Waals surface area contributed by atoms with E-state index in [4.69, 9.17) is 4.74 Å². The largest absolute Gasteiger partial charge is 0.469 e. The van der Waals surface area contributed by atoms with Crippen LogP contribution >= 0.6 is 12.4 Å². The topological polar surface area (TPSA) is 29.5 Å². The maximum atomic E-state index is 11.2. The molecule has 0 aromatic heterocycles. The van der Waals surface area contributed by atoms with E-state index in [-0.39, 0.29) is 24.3 Å². The average Bonchev–Trinajstić information content (AvgIpc) is 2.44. The maximum Gasteiger partial charge on any atom is 0.309 e. The molecule has 0 saturated carbocycles. The number of carbonyl (C=O) groups excluding carboxylic acids is 1. The molecule has 2 aliphatic heterocycles. The lowest BCUT2D eigenvalue weighted by atomic mass is 9.91. The van der Waals surface area contributed by atoms with Crippen molar-refractivity contribution in [1.82, 2.24) is 4.90 Å². The summed E-state index contributed by atoms with van der Waals surface area (Å²) >= 11 is 0. The van der Waals surface area contributed by atoms with Crippen LogP contribution in [0, 0.1) is 11.8 Å². The van der Waals surface area contributed by atoms with E-state index >= 15 is 0 Å². The van der Waals surface area contributed by atoms with Crippen molar-refractivity contribution in [3.05, 3.63) is 0 Å². The van der Waals surface area contributed by atoms with Gasteiger partial charge in [-0.2, -0.15) is 0 Å². The van der Waals surface area contributed by atoms with Crippen molar-refractivity contribution >= 4 is 18.4 Å². The first kappa shape index (κ1) is 10.8. The van der Waals surface area contributed by atoms with Gasteiger partial charge in [0.1, 0.15) is 0 Å². The number of fused-ring (bicyclic) bond motifs is 2. The molecule has 2 aliphatic rings. The van der Waals surface area contributed by atoms with Gasteiger partial charge in [-0.15, -0.1) is 12.4 Å². The van der Waals surface area contributed by atoms with Crippen molar-refractivity contribution < 1.29 is 9.53 Å². The number of nitrogens with zero attached hydrogens (tertiary/aromatic N) is 1. The molecule has 13 heavy (non-hydrogen) atoms. The van der Waals surface area contributed by atoms with E-state index in [9.17, 15) is 4.79 Å². The fourth-order valence-electron chi connectivity index (χ4n) is 2.40. The van der Waals surface area contributed by atoms with Crippen molar-refractivity contribution in [1.29, 1.82) is 0 Å². The lowest BCUT2D eigenvalue weighted by Crippen LogP contribution is -2.37. The Morgan fingerprint density at radius 2 is 2.23 bits per heavy atom. The van der Waals surface area contributed by atoms with E-state index in [2.05, 4.69) is 4.90 Å². The summed E-state index contributed by atoms with van der Waals surface area (Å²) in [5, 5.41) is 0. The second-order valence-electron chi connectivity index (χ2n) is 3.87. The van der Waals surface area contributed by atoms with E-state index in [1.54, 1.807) is 0 Å². The number of carbonyl (C=O) groups is 1. The summed E-state index contributed by atoms with van der Waals surface area (Å²) in [6.07, 6.45) is 2.32. The molecule has 4 heteroatoms. The van der Waals surface area contributed by atoms with Crippen molar-refractivity contribution in [3.63, 3.8) is 0 Å².